The molecule has 1 saturated heterocycles. The summed E-state index contributed by atoms with van der Waals surface area (Å²) in [6.07, 6.45) is 0.0423. The Morgan fingerprint density at radius 2 is 2.11 bits per heavy atom. The summed E-state index contributed by atoms with van der Waals surface area (Å²) in [5.74, 6) is -1.02. The zero-order valence-corrected chi connectivity index (χ0v) is 15.9. The van der Waals surface area contributed by atoms with Crippen LogP contribution in [0.1, 0.15) is 31.4 Å². The molecule has 2 N–H and O–H groups in total. The maximum absolute atomic E-state index is 13.5. The van der Waals surface area contributed by atoms with Crippen LogP contribution in [0.5, 0.6) is 0 Å². The number of amides is 3. The third-order valence-electron chi connectivity index (χ3n) is 5.24. The van der Waals surface area contributed by atoms with Gasteiger partial charge >= 0.3 is 12.6 Å². The van der Waals surface area contributed by atoms with E-state index in [4.69, 9.17) is 11.6 Å². The monoisotopic (exact) mass is 419 g/mol. The van der Waals surface area contributed by atoms with Crippen LogP contribution in [0.2, 0.25) is 5.02 Å². The Bertz CT molecular complexity index is 746. The molecule has 1 saturated carbocycles. The Kier molecular flexibility index (Phi) is 6.34. The molecule has 0 spiro atoms. The van der Waals surface area contributed by atoms with E-state index in [0.717, 1.165) is 0 Å². The molecule has 0 bridgehead atoms. The number of rotatable bonds is 5. The topological polar surface area (TPSA) is 70.7 Å². The first-order valence-electron chi connectivity index (χ1n) is 8.99. The van der Waals surface area contributed by atoms with E-state index in [1.165, 1.54) is 23.1 Å². The van der Waals surface area contributed by atoms with Crippen molar-refractivity contribution in [3.63, 3.8) is 0 Å². The molecule has 0 radical (unpaired) electrons. The fourth-order valence-corrected chi connectivity index (χ4v) is 3.78. The molecule has 2 fully saturated rings. The van der Waals surface area contributed by atoms with E-state index in [0.29, 0.717) is 31.5 Å². The highest BCUT2D eigenvalue weighted by Gasteiger charge is 2.40. The van der Waals surface area contributed by atoms with Crippen molar-refractivity contribution in [3.05, 3.63) is 34.6 Å². The number of piperazine rings is 1. The zero-order valence-electron chi connectivity index (χ0n) is 15.1. The average molecular weight is 420 g/mol. The number of halogens is 4. The second kappa shape index (κ2) is 8.57. The molecule has 1 aliphatic heterocycles. The molecule has 1 heterocycles. The van der Waals surface area contributed by atoms with E-state index in [2.05, 4.69) is 15.4 Å². The lowest BCUT2D eigenvalue weighted by molar-refractivity contribution is -0.193. The fraction of sp³-hybridized carbons (Fsp3) is 0.556. The van der Waals surface area contributed by atoms with Gasteiger partial charge in [-0.05, 0) is 43.4 Å². The van der Waals surface area contributed by atoms with Crippen LogP contribution in [0, 0.1) is 11.7 Å². The Labute approximate surface area is 165 Å². The molecule has 6 nitrogen and oxygen atoms in total. The smallest absolute Gasteiger partial charge is 0.345 e. The lowest BCUT2D eigenvalue weighted by Gasteiger charge is -2.42. The summed E-state index contributed by atoms with van der Waals surface area (Å²) in [6, 6.07) is 2.45. The number of alkyl halides is 2. The SMILES string of the molecule is C[C@@H]1C(=O)NCCN1C(=O)N[C@H](c1ccc(F)c(Cl)c1)[C@H]1C[C@@H](OC(F)F)C1. The minimum atomic E-state index is -2.85. The highest BCUT2D eigenvalue weighted by Crippen LogP contribution is 2.41. The van der Waals surface area contributed by atoms with Crippen LogP contribution in [-0.2, 0) is 9.53 Å². The molecule has 28 heavy (non-hydrogen) atoms. The first-order valence-corrected chi connectivity index (χ1v) is 9.37. The molecule has 2 atom stereocenters. The molecule has 0 aromatic heterocycles. The van der Waals surface area contributed by atoms with Gasteiger partial charge in [0.15, 0.2) is 0 Å². The Morgan fingerprint density at radius 1 is 1.39 bits per heavy atom. The van der Waals surface area contributed by atoms with Crippen molar-refractivity contribution in [2.24, 2.45) is 5.92 Å². The van der Waals surface area contributed by atoms with Gasteiger partial charge in [-0.3, -0.25) is 4.79 Å². The molecule has 2 aliphatic rings. The van der Waals surface area contributed by atoms with Gasteiger partial charge in [0.2, 0.25) is 5.91 Å². The third-order valence-corrected chi connectivity index (χ3v) is 5.53. The van der Waals surface area contributed by atoms with Crippen LogP contribution in [0.3, 0.4) is 0 Å². The van der Waals surface area contributed by atoms with Crippen LogP contribution >= 0.6 is 11.6 Å². The van der Waals surface area contributed by atoms with E-state index in [1.54, 1.807) is 6.92 Å². The molecule has 0 unspecified atom stereocenters. The van der Waals surface area contributed by atoms with E-state index in [9.17, 15) is 22.8 Å². The molecule has 10 heteroatoms. The van der Waals surface area contributed by atoms with E-state index in [-0.39, 0.29) is 16.8 Å². The molecule has 1 aromatic rings. The first kappa shape index (κ1) is 20.7. The Hall–Kier alpha value is -2.00. The molecule has 154 valence electrons. The predicted octanol–water partition coefficient (Wildman–Crippen LogP) is 3.07. The molecular formula is C18H21ClF3N3O3. The van der Waals surface area contributed by atoms with E-state index >= 15 is 0 Å². The van der Waals surface area contributed by atoms with Gasteiger partial charge < -0.3 is 20.3 Å². The second-order valence-corrected chi connectivity index (χ2v) is 7.42. The maximum Gasteiger partial charge on any atom is 0.345 e. The van der Waals surface area contributed by atoms with Crippen molar-refractivity contribution in [3.8, 4) is 0 Å². The standard InChI is InChI=1S/C18H21ClF3N3O3/c1-9-16(26)23-4-5-25(9)18(27)24-15(10-2-3-14(20)13(19)8-10)11-6-12(7-11)28-17(21)22/h2-3,8-9,11-12,15,17H,4-7H2,1H3,(H,23,26)(H,24,27)/t9-,11-,12+,15-/m1/s1. The average Bonchev–Trinajstić information content (AvgIpc) is 2.60. The first-order chi connectivity index (χ1) is 13.3. The van der Waals surface area contributed by atoms with Crippen molar-refractivity contribution in [2.45, 2.75) is 44.6 Å². The second-order valence-electron chi connectivity index (χ2n) is 7.01. The van der Waals surface area contributed by atoms with Crippen LogP contribution in [-0.4, -0.2) is 48.7 Å². The number of hydrogen-bond acceptors (Lipinski definition) is 3. The zero-order chi connectivity index (χ0) is 20.4. The molecule has 3 amide bonds. The summed E-state index contributed by atoms with van der Waals surface area (Å²) >= 11 is 5.87. The van der Waals surface area contributed by atoms with Gasteiger partial charge in [-0.25, -0.2) is 9.18 Å². The summed E-state index contributed by atoms with van der Waals surface area (Å²) in [7, 11) is 0. The van der Waals surface area contributed by atoms with Gasteiger partial charge in [0.05, 0.1) is 17.2 Å². The highest BCUT2D eigenvalue weighted by atomic mass is 35.5. The minimum Gasteiger partial charge on any atom is -0.353 e. The van der Waals surface area contributed by atoms with Gasteiger partial charge in [0, 0.05) is 13.1 Å². The number of ether oxygens (including phenoxy) is 1. The number of carbonyl (C=O) groups is 2. The summed E-state index contributed by atoms with van der Waals surface area (Å²) in [6.45, 7) is -0.547. The summed E-state index contributed by atoms with van der Waals surface area (Å²) in [5, 5.41) is 5.44. The summed E-state index contributed by atoms with van der Waals surface area (Å²) < 4.78 is 42.8. The number of urea groups is 1. The number of carbonyl (C=O) groups excluding carboxylic acids is 2. The van der Waals surface area contributed by atoms with E-state index in [1.807, 2.05) is 0 Å². The number of nitrogens with one attached hydrogen (secondary N) is 2. The number of benzene rings is 1. The van der Waals surface area contributed by atoms with Crippen LogP contribution in [0.4, 0.5) is 18.0 Å². The number of nitrogens with zero attached hydrogens (tertiary/aromatic N) is 1. The highest BCUT2D eigenvalue weighted by molar-refractivity contribution is 6.30. The van der Waals surface area contributed by atoms with Crippen molar-refractivity contribution >= 4 is 23.5 Å². The molecule has 1 aliphatic carbocycles. The minimum absolute atomic E-state index is 0.0952. The van der Waals surface area contributed by atoms with Crippen LogP contribution in [0.25, 0.3) is 0 Å². The number of hydrogen-bond donors (Lipinski definition) is 2. The normalized spacial score (nSPS) is 25.9. The van der Waals surface area contributed by atoms with Gasteiger partial charge in [0.25, 0.3) is 0 Å². The third kappa shape index (κ3) is 4.52. The van der Waals surface area contributed by atoms with Crippen molar-refractivity contribution in [2.75, 3.05) is 13.1 Å². The summed E-state index contributed by atoms with van der Waals surface area (Å²) in [4.78, 5) is 26.0. The molecule has 1 aromatic carbocycles. The maximum atomic E-state index is 13.5. The molecule has 3 rings (SSSR count). The van der Waals surface area contributed by atoms with E-state index < -0.39 is 36.6 Å². The van der Waals surface area contributed by atoms with Crippen molar-refractivity contribution < 1.29 is 27.5 Å². The Morgan fingerprint density at radius 3 is 2.75 bits per heavy atom. The van der Waals surface area contributed by atoms with Gasteiger partial charge in [-0.2, -0.15) is 8.78 Å². The largest absolute Gasteiger partial charge is 0.353 e. The van der Waals surface area contributed by atoms with Gasteiger partial charge in [0.1, 0.15) is 11.9 Å². The predicted molar refractivity (Wildman–Crippen MR) is 95.5 cm³/mol. The quantitative estimate of drug-likeness (QED) is 0.770. The molecular weight excluding hydrogens is 399 g/mol. The summed E-state index contributed by atoms with van der Waals surface area (Å²) in [5.41, 5.74) is 0.564. The van der Waals surface area contributed by atoms with Crippen molar-refractivity contribution in [1.29, 1.82) is 0 Å². The van der Waals surface area contributed by atoms with Crippen molar-refractivity contribution in [1.82, 2.24) is 15.5 Å². The lowest BCUT2D eigenvalue weighted by Crippen LogP contribution is -2.59. The Balaban J connectivity index is 1.75. The lowest BCUT2D eigenvalue weighted by atomic mass is 9.75. The van der Waals surface area contributed by atoms with Gasteiger partial charge in [-0.1, -0.05) is 17.7 Å². The van der Waals surface area contributed by atoms with Crippen LogP contribution < -0.4 is 10.6 Å². The fourth-order valence-electron chi connectivity index (χ4n) is 3.59. The van der Waals surface area contributed by atoms with Crippen LogP contribution in [0.15, 0.2) is 18.2 Å². The van der Waals surface area contributed by atoms with Gasteiger partial charge in [-0.15, -0.1) is 0 Å².